The SMILES string of the molecule is CC[C@@]1(O)C(=O)OCc2c1cc1n(c2=O)Cc2c-1nc1cc(F)c(C)c3c1c2[C@@H](NC(=O)CCCNC(=O)CCC(=O)C(Cc1ccccc1)NC(=O)CCC(=O)CNC(=O)[C@H](CC(=O)O)CC(=O)CCCCCN1C(=O)CC(C)C1=O)CC3. The molecule has 22 nitrogen and oxygen atoms in total. The number of aromatic nitrogens is 2. The third-order valence-electron chi connectivity index (χ3n) is 16.4. The van der Waals surface area contributed by atoms with Crippen LogP contribution in [0.3, 0.4) is 0 Å². The van der Waals surface area contributed by atoms with Crippen molar-refractivity contribution in [1.29, 1.82) is 0 Å². The number of carbonyl (C=O) groups excluding carboxylic acids is 10. The number of esters is 1. The number of rotatable bonds is 29. The highest BCUT2D eigenvalue weighted by atomic mass is 19.1. The monoisotopic (exact) mass is 1160 g/mol. The van der Waals surface area contributed by atoms with Gasteiger partial charge in [0.05, 0.1) is 60.0 Å². The van der Waals surface area contributed by atoms with Crippen molar-refractivity contribution in [3.63, 3.8) is 0 Å². The van der Waals surface area contributed by atoms with Gasteiger partial charge in [-0.3, -0.25) is 57.6 Å². The van der Waals surface area contributed by atoms with Crippen molar-refractivity contribution in [2.75, 3.05) is 19.6 Å². The minimum absolute atomic E-state index is 0.00202. The van der Waals surface area contributed by atoms with Crippen LogP contribution in [0, 0.1) is 24.6 Å². The van der Waals surface area contributed by atoms with Crippen molar-refractivity contribution in [1.82, 2.24) is 35.7 Å². The summed E-state index contributed by atoms with van der Waals surface area (Å²) >= 11 is 0. The highest BCUT2D eigenvalue weighted by Gasteiger charge is 2.46. The molecule has 1 aliphatic carbocycles. The number of nitrogens with one attached hydrogen (secondary N) is 4. The van der Waals surface area contributed by atoms with E-state index in [1.807, 2.05) is 0 Å². The number of halogens is 1. The van der Waals surface area contributed by atoms with E-state index < -0.39 is 89.2 Å². The number of cyclic esters (lactones) is 1. The van der Waals surface area contributed by atoms with Crippen LogP contribution in [0.15, 0.2) is 47.3 Å². The van der Waals surface area contributed by atoms with E-state index in [0.717, 1.165) is 5.56 Å². The van der Waals surface area contributed by atoms with E-state index in [-0.39, 0.29) is 137 Å². The van der Waals surface area contributed by atoms with Gasteiger partial charge in [0.25, 0.3) is 5.56 Å². The lowest BCUT2D eigenvalue weighted by molar-refractivity contribution is -0.172. The molecular weight excluding hydrogens is 1090 g/mol. The molecule has 2 unspecified atom stereocenters. The Labute approximate surface area is 483 Å². The van der Waals surface area contributed by atoms with Crippen molar-refractivity contribution >= 4 is 75.6 Å². The van der Waals surface area contributed by atoms with E-state index in [1.165, 1.54) is 15.5 Å². The second-order valence-corrected chi connectivity index (χ2v) is 22.3. The number of Topliss-reactive ketones (excluding diaryl/α,β-unsaturated/α-hetero) is 3. The van der Waals surface area contributed by atoms with Crippen LogP contribution < -0.4 is 26.8 Å². The van der Waals surface area contributed by atoms with Gasteiger partial charge in [0.1, 0.15) is 18.2 Å². The molecule has 6 N–H and O–H groups in total. The number of ketones is 3. The van der Waals surface area contributed by atoms with Crippen molar-refractivity contribution < 1.29 is 72.1 Å². The van der Waals surface area contributed by atoms with Gasteiger partial charge in [-0.1, -0.05) is 50.6 Å². The Morgan fingerprint density at radius 1 is 0.845 bits per heavy atom. The Kier molecular flexibility index (Phi) is 19.8. The van der Waals surface area contributed by atoms with Crippen LogP contribution in [-0.4, -0.2) is 115 Å². The molecule has 5 heterocycles. The molecule has 5 atom stereocenters. The summed E-state index contributed by atoms with van der Waals surface area (Å²) in [6, 6.07) is 10.1. The fourth-order valence-corrected chi connectivity index (χ4v) is 11.7. The van der Waals surface area contributed by atoms with Gasteiger partial charge in [0, 0.05) is 93.0 Å². The van der Waals surface area contributed by atoms with Gasteiger partial charge in [-0.15, -0.1) is 0 Å². The number of fused-ring (bicyclic) bond motifs is 5. The number of carboxylic acid groups (broad SMARTS) is 1. The van der Waals surface area contributed by atoms with Crippen LogP contribution >= 0.6 is 0 Å². The van der Waals surface area contributed by atoms with Gasteiger partial charge >= 0.3 is 11.9 Å². The summed E-state index contributed by atoms with van der Waals surface area (Å²) in [6.07, 6.45) is 0.528. The third kappa shape index (κ3) is 14.0. The Bertz CT molecular complexity index is 3400. The maximum atomic E-state index is 15.4. The number of hydrogen-bond acceptors (Lipinski definition) is 15. The smallest absolute Gasteiger partial charge is 0.343 e. The summed E-state index contributed by atoms with van der Waals surface area (Å²) in [5, 5.41) is 32.4. The number of unbranched alkanes of at least 4 members (excludes halogenated alkanes) is 2. The molecule has 446 valence electrons. The van der Waals surface area contributed by atoms with Crippen LogP contribution in [0.2, 0.25) is 0 Å². The highest BCUT2D eigenvalue weighted by Crippen LogP contribution is 2.46. The lowest BCUT2D eigenvalue weighted by atomic mass is 9.81. The zero-order valence-electron chi connectivity index (χ0n) is 47.3. The predicted molar refractivity (Wildman–Crippen MR) is 299 cm³/mol. The molecule has 0 spiro atoms. The molecule has 0 saturated carbocycles. The first-order valence-electron chi connectivity index (χ1n) is 28.7. The second kappa shape index (κ2) is 26.9. The first-order valence-corrected chi connectivity index (χ1v) is 28.7. The normalized spacial score (nSPS) is 18.2. The van der Waals surface area contributed by atoms with Gasteiger partial charge < -0.3 is 40.8 Å². The summed E-state index contributed by atoms with van der Waals surface area (Å²) in [6.45, 7) is 4.53. The first-order chi connectivity index (χ1) is 40.1. The van der Waals surface area contributed by atoms with Crippen LogP contribution in [0.25, 0.3) is 22.3 Å². The number of aliphatic carboxylic acids is 1. The lowest BCUT2D eigenvalue weighted by Crippen LogP contribution is -2.44. The number of hydrogen-bond donors (Lipinski definition) is 6. The number of aliphatic hydroxyl groups is 1. The average Bonchev–Trinajstić information content (AvgIpc) is 1.48. The van der Waals surface area contributed by atoms with Gasteiger partial charge in [-0.05, 0) is 80.2 Å². The highest BCUT2D eigenvalue weighted by molar-refractivity contribution is 6.03. The number of aryl methyl sites for hydroxylation is 1. The molecule has 23 heteroatoms. The maximum absolute atomic E-state index is 15.4. The summed E-state index contributed by atoms with van der Waals surface area (Å²) < 4.78 is 22.1. The van der Waals surface area contributed by atoms with E-state index in [2.05, 4.69) is 21.3 Å². The molecule has 1 fully saturated rings. The number of carboxylic acids is 1. The number of carbonyl (C=O) groups is 11. The Hall–Kier alpha value is -8.34. The molecule has 8 rings (SSSR count). The van der Waals surface area contributed by atoms with E-state index >= 15 is 4.39 Å². The van der Waals surface area contributed by atoms with Crippen LogP contribution in [0.4, 0.5) is 4.39 Å². The maximum Gasteiger partial charge on any atom is 0.343 e. The minimum Gasteiger partial charge on any atom is -0.481 e. The molecule has 4 aromatic rings. The molecule has 2 aromatic heterocycles. The Morgan fingerprint density at radius 2 is 1.60 bits per heavy atom. The molecule has 2 aromatic carbocycles. The first kappa shape index (κ1) is 61.7. The van der Waals surface area contributed by atoms with E-state index in [1.54, 1.807) is 57.2 Å². The third-order valence-corrected chi connectivity index (χ3v) is 16.4. The molecule has 4 aliphatic rings. The number of nitrogens with zero attached hydrogens (tertiary/aromatic N) is 3. The molecular formula is C61H70FN7O15. The average molecular weight is 1160 g/mol. The quantitative estimate of drug-likeness (QED) is 0.0223. The largest absolute Gasteiger partial charge is 0.481 e. The van der Waals surface area contributed by atoms with Gasteiger partial charge in [0.15, 0.2) is 17.2 Å². The van der Waals surface area contributed by atoms with Crippen LogP contribution in [-0.2, 0) is 89.1 Å². The van der Waals surface area contributed by atoms with Crippen molar-refractivity contribution in [3.05, 3.63) is 97.6 Å². The Balaban J connectivity index is 0.791. The van der Waals surface area contributed by atoms with E-state index in [4.69, 9.17) is 9.72 Å². The van der Waals surface area contributed by atoms with E-state index in [0.29, 0.717) is 76.6 Å². The van der Waals surface area contributed by atoms with Crippen molar-refractivity contribution in [2.24, 2.45) is 11.8 Å². The van der Waals surface area contributed by atoms with Crippen molar-refractivity contribution in [2.45, 2.75) is 161 Å². The number of likely N-dealkylation sites (tertiary alicyclic amines) is 1. The van der Waals surface area contributed by atoms with Crippen LogP contribution in [0.5, 0.6) is 0 Å². The standard InChI is InChI=1S/C61H70FN7O15/c1-4-61(83)42-28-47-56-40(31-69(47)59(81)41(42)32-84-60(61)82)55-44(18-17-39-34(3)43(62)29-46(67-56)54(39)55)65-50(74)15-11-22-63-49(73)21-19-48(72)45(25-35-12-7-5-8-13-35)66-51(75)20-16-38(71)30-64-57(79)36(27-53(77)78)26-37(70)14-9-6-10-23-68-52(76)24-33(2)58(68)80/h5,7-8,12-13,28-29,33,36,44-45,83H,4,6,9-11,14-27,30-32H2,1-3H3,(H,63,73)(H,64,79)(H,65,74)(H,66,75)(H,77,78)/t33?,36-,44-,45?,61-/m0/s1. The predicted octanol–water partition coefficient (Wildman–Crippen LogP) is 4.07. The second-order valence-electron chi connectivity index (χ2n) is 22.3. The minimum atomic E-state index is -2.05. The number of amides is 6. The number of ether oxygens (including phenoxy) is 1. The number of imide groups is 1. The van der Waals surface area contributed by atoms with Crippen LogP contribution in [0.1, 0.15) is 155 Å². The molecule has 3 aliphatic heterocycles. The summed E-state index contributed by atoms with van der Waals surface area (Å²) in [7, 11) is 0. The molecule has 0 bridgehead atoms. The van der Waals surface area contributed by atoms with E-state index in [9.17, 15) is 67.7 Å². The zero-order valence-corrected chi connectivity index (χ0v) is 47.3. The molecule has 84 heavy (non-hydrogen) atoms. The fourth-order valence-electron chi connectivity index (χ4n) is 11.7. The number of benzene rings is 2. The fraction of sp³-hybridized carbons (Fsp3) is 0.492. The van der Waals surface area contributed by atoms with Gasteiger partial charge in [-0.25, -0.2) is 14.2 Å². The van der Waals surface area contributed by atoms with Gasteiger partial charge in [-0.2, -0.15) is 0 Å². The zero-order chi connectivity index (χ0) is 60.6. The molecule has 1 saturated heterocycles. The Morgan fingerprint density at radius 3 is 2.31 bits per heavy atom. The summed E-state index contributed by atoms with van der Waals surface area (Å²) in [4.78, 5) is 161. The number of pyridine rings is 2. The topological polar surface area (TPSA) is 324 Å². The summed E-state index contributed by atoms with van der Waals surface area (Å²) in [5.74, 6) is -8.35. The van der Waals surface area contributed by atoms with Crippen molar-refractivity contribution in [3.8, 4) is 11.4 Å². The van der Waals surface area contributed by atoms with Gasteiger partial charge in [0.2, 0.25) is 35.4 Å². The summed E-state index contributed by atoms with van der Waals surface area (Å²) in [5.41, 5.74) is 2.08. The molecule has 6 amide bonds. The lowest BCUT2D eigenvalue weighted by Gasteiger charge is -2.31. The molecule has 0 radical (unpaired) electrons.